The van der Waals surface area contributed by atoms with Crippen molar-refractivity contribution in [1.82, 2.24) is 10.2 Å². The zero-order valence-corrected chi connectivity index (χ0v) is 10.5. The SMILES string of the molecule is CC[C@@H](C)c1ccc(-c2cc(C(=O)O)[nH]n2)cc1. The topological polar surface area (TPSA) is 66.0 Å². The van der Waals surface area contributed by atoms with Crippen molar-refractivity contribution in [1.29, 1.82) is 0 Å². The smallest absolute Gasteiger partial charge is 0.353 e. The van der Waals surface area contributed by atoms with Crippen LogP contribution in [-0.4, -0.2) is 21.3 Å². The molecule has 0 aliphatic carbocycles. The van der Waals surface area contributed by atoms with Crippen molar-refractivity contribution in [3.63, 3.8) is 0 Å². The Morgan fingerprint density at radius 3 is 2.56 bits per heavy atom. The number of aromatic nitrogens is 2. The number of hydrogen-bond acceptors (Lipinski definition) is 2. The number of aromatic amines is 1. The number of carbonyl (C=O) groups is 1. The van der Waals surface area contributed by atoms with Gasteiger partial charge < -0.3 is 5.11 Å². The Bertz CT molecular complexity index is 543. The van der Waals surface area contributed by atoms with E-state index in [0.29, 0.717) is 11.6 Å². The zero-order chi connectivity index (χ0) is 13.1. The number of rotatable bonds is 4. The average Bonchev–Trinajstić information content (AvgIpc) is 2.88. The van der Waals surface area contributed by atoms with E-state index in [-0.39, 0.29) is 5.69 Å². The first kappa shape index (κ1) is 12.4. The highest BCUT2D eigenvalue weighted by Gasteiger charge is 2.09. The molecule has 1 atom stereocenters. The van der Waals surface area contributed by atoms with Crippen molar-refractivity contribution in [3.8, 4) is 11.3 Å². The van der Waals surface area contributed by atoms with E-state index in [2.05, 4.69) is 36.2 Å². The van der Waals surface area contributed by atoms with Gasteiger partial charge in [-0.15, -0.1) is 0 Å². The van der Waals surface area contributed by atoms with Crippen LogP contribution < -0.4 is 0 Å². The van der Waals surface area contributed by atoms with E-state index in [4.69, 9.17) is 5.11 Å². The maximum atomic E-state index is 10.8. The zero-order valence-electron chi connectivity index (χ0n) is 10.5. The van der Waals surface area contributed by atoms with Gasteiger partial charge in [-0.25, -0.2) is 4.79 Å². The fourth-order valence-corrected chi connectivity index (χ4v) is 1.80. The largest absolute Gasteiger partial charge is 0.477 e. The van der Waals surface area contributed by atoms with Crippen LogP contribution in [-0.2, 0) is 0 Å². The molecule has 0 unspecified atom stereocenters. The predicted molar refractivity (Wildman–Crippen MR) is 69.7 cm³/mol. The first-order valence-corrected chi connectivity index (χ1v) is 6.01. The van der Waals surface area contributed by atoms with E-state index >= 15 is 0 Å². The molecule has 0 radical (unpaired) electrons. The maximum Gasteiger partial charge on any atom is 0.353 e. The first-order chi connectivity index (χ1) is 8.61. The van der Waals surface area contributed by atoms with Crippen LogP contribution in [0, 0.1) is 0 Å². The third-order valence-corrected chi connectivity index (χ3v) is 3.20. The van der Waals surface area contributed by atoms with E-state index in [9.17, 15) is 4.79 Å². The Labute approximate surface area is 106 Å². The van der Waals surface area contributed by atoms with Crippen LogP contribution in [0.1, 0.15) is 42.2 Å². The number of benzene rings is 1. The molecule has 4 nitrogen and oxygen atoms in total. The van der Waals surface area contributed by atoms with E-state index in [1.54, 1.807) is 6.07 Å². The summed E-state index contributed by atoms with van der Waals surface area (Å²) in [6.45, 7) is 4.34. The number of nitrogens with zero attached hydrogens (tertiary/aromatic N) is 1. The molecule has 0 spiro atoms. The van der Waals surface area contributed by atoms with Crippen molar-refractivity contribution in [2.45, 2.75) is 26.2 Å². The van der Waals surface area contributed by atoms with Gasteiger partial charge in [-0.1, -0.05) is 38.1 Å². The van der Waals surface area contributed by atoms with Crippen LogP contribution in [0.25, 0.3) is 11.3 Å². The van der Waals surface area contributed by atoms with E-state index in [1.807, 2.05) is 12.1 Å². The lowest BCUT2D eigenvalue weighted by molar-refractivity contribution is 0.0690. The molecular formula is C14H16N2O2. The molecular weight excluding hydrogens is 228 g/mol. The average molecular weight is 244 g/mol. The molecule has 94 valence electrons. The summed E-state index contributed by atoms with van der Waals surface area (Å²) in [5.74, 6) is -0.460. The molecule has 0 bridgehead atoms. The third kappa shape index (κ3) is 2.42. The van der Waals surface area contributed by atoms with Gasteiger partial charge in [0.2, 0.25) is 0 Å². The van der Waals surface area contributed by atoms with Crippen molar-refractivity contribution in [2.75, 3.05) is 0 Å². The van der Waals surface area contributed by atoms with Crippen molar-refractivity contribution in [3.05, 3.63) is 41.6 Å². The second-order valence-electron chi connectivity index (χ2n) is 4.40. The summed E-state index contributed by atoms with van der Waals surface area (Å²) >= 11 is 0. The van der Waals surface area contributed by atoms with Crippen LogP contribution in [0.2, 0.25) is 0 Å². The number of carboxylic acids is 1. The fourth-order valence-electron chi connectivity index (χ4n) is 1.80. The molecule has 0 fully saturated rings. The van der Waals surface area contributed by atoms with Gasteiger partial charge in [0.1, 0.15) is 5.69 Å². The Kier molecular flexibility index (Phi) is 3.46. The number of carboxylic acid groups (broad SMARTS) is 1. The van der Waals surface area contributed by atoms with Crippen molar-refractivity contribution >= 4 is 5.97 Å². The molecule has 2 N–H and O–H groups in total. The van der Waals surface area contributed by atoms with Gasteiger partial charge in [0.25, 0.3) is 0 Å². The van der Waals surface area contributed by atoms with E-state index in [1.165, 1.54) is 5.56 Å². The molecule has 1 heterocycles. The summed E-state index contributed by atoms with van der Waals surface area (Å²) in [7, 11) is 0. The molecule has 0 saturated carbocycles. The lowest BCUT2D eigenvalue weighted by Gasteiger charge is -2.08. The quantitative estimate of drug-likeness (QED) is 0.867. The van der Waals surface area contributed by atoms with Gasteiger partial charge in [-0.05, 0) is 24.0 Å². The normalized spacial score (nSPS) is 12.3. The molecule has 0 aliphatic rings. The highest BCUT2D eigenvalue weighted by atomic mass is 16.4. The van der Waals surface area contributed by atoms with Gasteiger partial charge in [0, 0.05) is 5.56 Å². The monoisotopic (exact) mass is 244 g/mol. The summed E-state index contributed by atoms with van der Waals surface area (Å²) in [4.78, 5) is 10.8. The fraction of sp³-hybridized carbons (Fsp3) is 0.286. The van der Waals surface area contributed by atoms with Gasteiger partial charge in [0.05, 0.1) is 5.69 Å². The van der Waals surface area contributed by atoms with Gasteiger partial charge in [0.15, 0.2) is 0 Å². The number of aromatic carboxylic acids is 1. The van der Waals surface area contributed by atoms with Crippen LogP contribution >= 0.6 is 0 Å². The minimum Gasteiger partial charge on any atom is -0.477 e. The standard InChI is InChI=1S/C14H16N2O2/c1-3-9(2)10-4-6-11(7-5-10)12-8-13(14(17)18)16-15-12/h4-9H,3H2,1-2H3,(H,15,16)(H,17,18)/t9-/m1/s1. The summed E-state index contributed by atoms with van der Waals surface area (Å²) < 4.78 is 0. The number of H-pyrrole nitrogens is 1. The minimum absolute atomic E-state index is 0.107. The molecule has 0 saturated heterocycles. The molecule has 1 aromatic carbocycles. The highest BCUT2D eigenvalue weighted by Crippen LogP contribution is 2.23. The van der Waals surface area contributed by atoms with E-state index < -0.39 is 5.97 Å². The second-order valence-corrected chi connectivity index (χ2v) is 4.40. The minimum atomic E-state index is -0.995. The molecule has 1 aromatic heterocycles. The Hall–Kier alpha value is -2.10. The first-order valence-electron chi connectivity index (χ1n) is 6.01. The summed E-state index contributed by atoms with van der Waals surface area (Å²) in [5, 5.41) is 15.3. The lowest BCUT2D eigenvalue weighted by Crippen LogP contribution is -1.95. The highest BCUT2D eigenvalue weighted by molar-refractivity contribution is 5.86. The molecule has 4 heteroatoms. The Balaban J connectivity index is 2.25. The predicted octanol–water partition coefficient (Wildman–Crippen LogP) is 3.29. The van der Waals surface area contributed by atoms with Gasteiger partial charge in [-0.3, -0.25) is 5.10 Å². The Morgan fingerprint density at radius 2 is 2.06 bits per heavy atom. The third-order valence-electron chi connectivity index (χ3n) is 3.20. The lowest BCUT2D eigenvalue weighted by atomic mass is 9.97. The summed E-state index contributed by atoms with van der Waals surface area (Å²) in [5.41, 5.74) is 2.97. The van der Waals surface area contributed by atoms with Crippen LogP contribution in [0.3, 0.4) is 0 Å². The van der Waals surface area contributed by atoms with Crippen LogP contribution in [0.5, 0.6) is 0 Å². The number of hydrogen-bond donors (Lipinski definition) is 2. The van der Waals surface area contributed by atoms with Crippen molar-refractivity contribution < 1.29 is 9.90 Å². The van der Waals surface area contributed by atoms with Gasteiger partial charge in [-0.2, -0.15) is 5.10 Å². The second kappa shape index (κ2) is 5.04. The Morgan fingerprint density at radius 1 is 1.39 bits per heavy atom. The molecule has 0 amide bonds. The van der Waals surface area contributed by atoms with Crippen LogP contribution in [0.15, 0.2) is 30.3 Å². The van der Waals surface area contributed by atoms with E-state index in [0.717, 1.165) is 12.0 Å². The molecule has 2 rings (SSSR count). The molecule has 18 heavy (non-hydrogen) atoms. The van der Waals surface area contributed by atoms with Gasteiger partial charge >= 0.3 is 5.97 Å². The summed E-state index contributed by atoms with van der Waals surface area (Å²) in [6, 6.07) is 9.63. The van der Waals surface area contributed by atoms with Crippen molar-refractivity contribution in [2.24, 2.45) is 0 Å². The maximum absolute atomic E-state index is 10.8. The molecule has 0 aliphatic heterocycles. The van der Waals surface area contributed by atoms with Crippen LogP contribution in [0.4, 0.5) is 0 Å². The summed E-state index contributed by atoms with van der Waals surface area (Å²) in [6.07, 6.45) is 1.10. The number of nitrogens with one attached hydrogen (secondary N) is 1. The molecule has 2 aromatic rings.